The zero-order valence-electron chi connectivity index (χ0n) is 7.86. The highest BCUT2D eigenvalue weighted by atomic mass is 35.5. The minimum atomic E-state index is -0.0487. The van der Waals surface area contributed by atoms with Crippen molar-refractivity contribution in [2.75, 3.05) is 0 Å². The largest absolute Gasteiger partial charge is 0.121 e. The molecule has 4 heteroatoms. The summed E-state index contributed by atoms with van der Waals surface area (Å²) in [5.74, 6) is 0. The van der Waals surface area contributed by atoms with Gasteiger partial charge in [0.05, 0.1) is 10.8 Å². The first kappa shape index (κ1) is 13.0. The van der Waals surface area contributed by atoms with Crippen LogP contribution < -0.4 is 0 Å². The van der Waals surface area contributed by atoms with E-state index >= 15 is 0 Å². The van der Waals surface area contributed by atoms with Gasteiger partial charge >= 0.3 is 0 Å². The molecule has 0 aromatic heterocycles. The van der Waals surface area contributed by atoms with Crippen LogP contribution in [0.3, 0.4) is 0 Å². The minimum Gasteiger partial charge on any atom is -0.121 e. The maximum absolute atomic E-state index is 6.13. The smallest absolute Gasteiger partial charge is 0.0689 e. The van der Waals surface area contributed by atoms with Gasteiger partial charge in [0, 0.05) is 10.4 Å². The second-order valence-corrected chi connectivity index (χ2v) is 5.68. The molecule has 0 radical (unpaired) electrons. The van der Waals surface area contributed by atoms with Crippen LogP contribution in [0, 0.1) is 0 Å². The standard InChI is InChI=1S/C10H14Cl4/c11-7-3-1-4-8(12)10(14)6-2-5-9(7)13/h3,8-10H,1-2,4-6H2. The van der Waals surface area contributed by atoms with Crippen molar-refractivity contribution in [1.82, 2.24) is 0 Å². The third-order valence-corrected chi connectivity index (χ3v) is 4.57. The summed E-state index contributed by atoms with van der Waals surface area (Å²) in [6, 6.07) is 0. The van der Waals surface area contributed by atoms with E-state index in [2.05, 4.69) is 0 Å². The summed E-state index contributed by atoms with van der Waals surface area (Å²) < 4.78 is 0. The monoisotopic (exact) mass is 274 g/mol. The Bertz CT molecular complexity index is 202. The average Bonchev–Trinajstić information content (AvgIpc) is 2.15. The fourth-order valence-corrected chi connectivity index (χ4v) is 2.49. The normalized spacial score (nSPS) is 36.3. The van der Waals surface area contributed by atoms with Crippen molar-refractivity contribution >= 4 is 46.4 Å². The molecule has 14 heavy (non-hydrogen) atoms. The fourth-order valence-electron chi connectivity index (χ4n) is 1.50. The van der Waals surface area contributed by atoms with Crippen molar-refractivity contribution in [3.63, 3.8) is 0 Å². The van der Waals surface area contributed by atoms with Crippen LogP contribution in [0.1, 0.15) is 32.1 Å². The van der Waals surface area contributed by atoms with Gasteiger partial charge in [-0.2, -0.15) is 0 Å². The van der Waals surface area contributed by atoms with E-state index in [4.69, 9.17) is 46.4 Å². The molecule has 3 atom stereocenters. The predicted octanol–water partition coefficient (Wildman–Crippen LogP) is 4.90. The van der Waals surface area contributed by atoms with E-state index < -0.39 is 0 Å². The van der Waals surface area contributed by atoms with E-state index in [0.29, 0.717) is 0 Å². The lowest BCUT2D eigenvalue weighted by Gasteiger charge is -2.18. The van der Waals surface area contributed by atoms with Crippen molar-refractivity contribution in [3.8, 4) is 0 Å². The van der Waals surface area contributed by atoms with E-state index in [9.17, 15) is 0 Å². The molecule has 82 valence electrons. The van der Waals surface area contributed by atoms with Gasteiger partial charge in [0.15, 0.2) is 0 Å². The Morgan fingerprint density at radius 3 is 2.36 bits per heavy atom. The van der Waals surface area contributed by atoms with Crippen LogP contribution in [0.15, 0.2) is 11.1 Å². The molecule has 0 N–H and O–H groups in total. The number of halogens is 4. The molecule has 0 fully saturated rings. The minimum absolute atomic E-state index is 0.0456. The third-order valence-electron chi connectivity index (χ3n) is 2.41. The zero-order chi connectivity index (χ0) is 10.6. The summed E-state index contributed by atoms with van der Waals surface area (Å²) >= 11 is 24.3. The molecule has 0 amide bonds. The van der Waals surface area contributed by atoms with Gasteiger partial charge in [-0.3, -0.25) is 0 Å². The Labute approximate surface area is 106 Å². The molecule has 0 heterocycles. The molecule has 1 rings (SSSR count). The number of rotatable bonds is 0. The number of hydrogen-bond acceptors (Lipinski definition) is 0. The maximum atomic E-state index is 6.13. The highest BCUT2D eigenvalue weighted by Crippen LogP contribution is 2.27. The molecule has 0 bridgehead atoms. The highest BCUT2D eigenvalue weighted by Gasteiger charge is 2.18. The Kier molecular flexibility index (Phi) is 6.00. The molecular weight excluding hydrogens is 262 g/mol. The van der Waals surface area contributed by atoms with Crippen molar-refractivity contribution in [3.05, 3.63) is 11.1 Å². The van der Waals surface area contributed by atoms with Crippen molar-refractivity contribution < 1.29 is 0 Å². The Morgan fingerprint density at radius 2 is 1.64 bits per heavy atom. The second-order valence-electron chi connectivity index (χ2n) is 3.60. The summed E-state index contributed by atoms with van der Waals surface area (Å²) in [5.41, 5.74) is 0. The molecule has 0 aliphatic heterocycles. The quantitative estimate of drug-likeness (QED) is 0.552. The molecule has 0 nitrogen and oxygen atoms in total. The van der Waals surface area contributed by atoms with Crippen molar-refractivity contribution in [1.29, 1.82) is 0 Å². The van der Waals surface area contributed by atoms with Gasteiger partial charge in [0.2, 0.25) is 0 Å². The van der Waals surface area contributed by atoms with E-state index in [1.165, 1.54) is 0 Å². The molecule has 0 spiro atoms. The first-order valence-corrected chi connectivity index (χ1v) is 6.57. The zero-order valence-corrected chi connectivity index (χ0v) is 10.9. The first-order valence-electron chi connectivity index (χ1n) is 4.89. The lowest BCUT2D eigenvalue weighted by atomic mass is 10.0. The summed E-state index contributed by atoms with van der Waals surface area (Å²) in [7, 11) is 0. The van der Waals surface area contributed by atoms with E-state index in [0.717, 1.165) is 37.1 Å². The van der Waals surface area contributed by atoms with Gasteiger partial charge in [-0.25, -0.2) is 0 Å². The van der Waals surface area contributed by atoms with Crippen LogP contribution >= 0.6 is 46.4 Å². The highest BCUT2D eigenvalue weighted by molar-refractivity contribution is 6.37. The molecule has 0 saturated carbocycles. The molecule has 0 aromatic rings. The van der Waals surface area contributed by atoms with E-state index in [1.54, 1.807) is 0 Å². The molecular formula is C10H14Cl4. The first-order chi connectivity index (χ1) is 6.61. The van der Waals surface area contributed by atoms with E-state index in [1.807, 2.05) is 6.08 Å². The lowest BCUT2D eigenvalue weighted by Crippen LogP contribution is -2.16. The topological polar surface area (TPSA) is 0 Å². The molecule has 1 aliphatic carbocycles. The molecule has 0 aromatic carbocycles. The van der Waals surface area contributed by atoms with Gasteiger partial charge in [-0.05, 0) is 25.7 Å². The van der Waals surface area contributed by atoms with Gasteiger partial charge < -0.3 is 0 Å². The van der Waals surface area contributed by atoms with Gasteiger partial charge in [-0.1, -0.05) is 24.1 Å². The summed E-state index contributed by atoms with van der Waals surface area (Å²) in [5, 5.41) is 0.811. The summed E-state index contributed by atoms with van der Waals surface area (Å²) in [4.78, 5) is 0. The Balaban J connectivity index is 2.56. The van der Waals surface area contributed by atoms with Gasteiger partial charge in [-0.15, -0.1) is 34.8 Å². The van der Waals surface area contributed by atoms with Gasteiger partial charge in [0.25, 0.3) is 0 Å². The van der Waals surface area contributed by atoms with E-state index in [-0.39, 0.29) is 16.1 Å². The van der Waals surface area contributed by atoms with Gasteiger partial charge in [0.1, 0.15) is 0 Å². The van der Waals surface area contributed by atoms with Crippen LogP contribution in [0.4, 0.5) is 0 Å². The van der Waals surface area contributed by atoms with Crippen LogP contribution in [-0.2, 0) is 0 Å². The third kappa shape index (κ3) is 4.18. The second kappa shape index (κ2) is 6.48. The number of allylic oxidation sites excluding steroid dienone is 2. The van der Waals surface area contributed by atoms with Crippen molar-refractivity contribution in [2.24, 2.45) is 0 Å². The molecule has 0 saturated heterocycles. The lowest BCUT2D eigenvalue weighted by molar-refractivity contribution is 0.604. The fraction of sp³-hybridized carbons (Fsp3) is 0.800. The van der Waals surface area contributed by atoms with Crippen LogP contribution in [0.5, 0.6) is 0 Å². The molecule has 1 aliphatic rings. The summed E-state index contributed by atoms with van der Waals surface area (Å²) in [6.07, 6.45) is 6.47. The van der Waals surface area contributed by atoms with Crippen molar-refractivity contribution in [2.45, 2.75) is 48.2 Å². The SMILES string of the molecule is ClC1=CCCC(Cl)C(Cl)CCCC1Cl. The van der Waals surface area contributed by atoms with Crippen LogP contribution in [0.2, 0.25) is 0 Å². The summed E-state index contributed by atoms with van der Waals surface area (Å²) in [6.45, 7) is 0. The Hall–Kier alpha value is 0.900. The Morgan fingerprint density at radius 1 is 1.00 bits per heavy atom. The number of alkyl halides is 3. The molecule has 3 unspecified atom stereocenters. The maximum Gasteiger partial charge on any atom is 0.0689 e. The van der Waals surface area contributed by atoms with Crippen LogP contribution in [0.25, 0.3) is 0 Å². The average molecular weight is 276 g/mol. The number of hydrogen-bond donors (Lipinski definition) is 0. The predicted molar refractivity (Wildman–Crippen MR) is 65.9 cm³/mol. The van der Waals surface area contributed by atoms with Crippen LogP contribution in [-0.4, -0.2) is 16.1 Å².